The number of benzene rings is 1. The molecule has 3 N–H and O–H groups in total. The van der Waals surface area contributed by atoms with E-state index >= 15 is 0 Å². The second-order valence-electron chi connectivity index (χ2n) is 3.85. The third-order valence-corrected chi connectivity index (χ3v) is 2.73. The lowest BCUT2D eigenvalue weighted by Gasteiger charge is -2.04. The lowest BCUT2D eigenvalue weighted by atomic mass is 10.2. The van der Waals surface area contributed by atoms with Crippen LogP contribution in [-0.2, 0) is 11.8 Å². The van der Waals surface area contributed by atoms with E-state index in [1.54, 1.807) is 35.9 Å². The molecule has 0 aliphatic heterocycles. The van der Waals surface area contributed by atoms with Crippen molar-refractivity contribution in [2.24, 2.45) is 12.8 Å². The molecule has 18 heavy (non-hydrogen) atoms. The van der Waals surface area contributed by atoms with Crippen LogP contribution in [0.25, 0.3) is 10.9 Å². The van der Waals surface area contributed by atoms with Crippen molar-refractivity contribution in [3.63, 3.8) is 0 Å². The van der Waals surface area contributed by atoms with Gasteiger partial charge in [-0.05, 0) is 6.07 Å². The number of anilines is 1. The highest BCUT2D eigenvalue weighted by molar-refractivity contribution is 6.12. The minimum absolute atomic E-state index is 0.151. The number of nitrogens with one attached hydrogen (secondary N) is 1. The number of hydrogen-bond donors (Lipinski definition) is 2. The fourth-order valence-corrected chi connectivity index (χ4v) is 1.98. The van der Waals surface area contributed by atoms with E-state index in [9.17, 15) is 14.0 Å². The van der Waals surface area contributed by atoms with Crippen molar-refractivity contribution in [3.05, 3.63) is 30.0 Å². The number of nitrogens with zero attached hydrogens (tertiary/aromatic N) is 1. The van der Waals surface area contributed by atoms with E-state index in [0.717, 1.165) is 5.52 Å². The number of halogens is 1. The van der Waals surface area contributed by atoms with E-state index in [1.807, 2.05) is 0 Å². The van der Waals surface area contributed by atoms with Crippen LogP contribution in [0.1, 0.15) is 10.5 Å². The molecule has 0 spiro atoms. The summed E-state index contributed by atoms with van der Waals surface area (Å²) in [5.74, 6) is -1.49. The summed E-state index contributed by atoms with van der Waals surface area (Å²) in [6.07, 6.45) is 0. The lowest BCUT2D eigenvalue weighted by Crippen LogP contribution is -2.20. The Labute approximate surface area is 102 Å². The van der Waals surface area contributed by atoms with Crippen molar-refractivity contribution in [1.82, 2.24) is 4.57 Å². The van der Waals surface area contributed by atoms with E-state index in [1.165, 1.54) is 0 Å². The van der Waals surface area contributed by atoms with Crippen LogP contribution in [0.2, 0.25) is 0 Å². The van der Waals surface area contributed by atoms with Crippen LogP contribution >= 0.6 is 0 Å². The molecule has 0 saturated carbocycles. The number of rotatable bonds is 3. The monoisotopic (exact) mass is 249 g/mol. The Morgan fingerprint density at radius 1 is 1.39 bits per heavy atom. The normalized spacial score (nSPS) is 10.6. The number of nitrogens with two attached hydrogens (primary N) is 1. The van der Waals surface area contributed by atoms with Crippen molar-refractivity contribution in [2.45, 2.75) is 0 Å². The maximum atomic E-state index is 12.3. The topological polar surface area (TPSA) is 77.1 Å². The molecule has 6 heteroatoms. The van der Waals surface area contributed by atoms with E-state index in [2.05, 4.69) is 5.32 Å². The summed E-state index contributed by atoms with van der Waals surface area (Å²) in [7, 11) is 1.66. The van der Waals surface area contributed by atoms with Gasteiger partial charge in [-0.25, -0.2) is 4.39 Å². The minimum atomic E-state index is -1.15. The van der Waals surface area contributed by atoms with Gasteiger partial charge in [0.15, 0.2) is 6.67 Å². The average Bonchev–Trinajstić information content (AvgIpc) is 2.63. The van der Waals surface area contributed by atoms with E-state index in [-0.39, 0.29) is 11.4 Å². The lowest BCUT2D eigenvalue weighted by molar-refractivity contribution is -0.117. The summed E-state index contributed by atoms with van der Waals surface area (Å²) in [5.41, 5.74) is 6.43. The van der Waals surface area contributed by atoms with Crippen LogP contribution < -0.4 is 11.1 Å². The Bertz CT molecular complexity index is 634. The summed E-state index contributed by atoms with van der Waals surface area (Å²) >= 11 is 0. The fraction of sp³-hybridized carbons (Fsp3) is 0.167. The zero-order valence-electron chi connectivity index (χ0n) is 9.74. The molecule has 94 valence electrons. The van der Waals surface area contributed by atoms with Crippen LogP contribution in [0.4, 0.5) is 10.1 Å². The summed E-state index contributed by atoms with van der Waals surface area (Å²) in [6, 6.07) is 7.08. The summed E-state index contributed by atoms with van der Waals surface area (Å²) < 4.78 is 13.9. The largest absolute Gasteiger partial charge is 0.364 e. The molecule has 5 nitrogen and oxygen atoms in total. The quantitative estimate of drug-likeness (QED) is 0.857. The number of aryl methyl sites for hydroxylation is 1. The predicted octanol–water partition coefficient (Wildman–Crippen LogP) is 1.19. The number of carbonyl (C=O) groups is 2. The second-order valence-corrected chi connectivity index (χ2v) is 3.85. The first-order chi connectivity index (χ1) is 8.56. The number of primary amides is 1. The van der Waals surface area contributed by atoms with Gasteiger partial charge in [0.05, 0.1) is 11.2 Å². The van der Waals surface area contributed by atoms with Crippen molar-refractivity contribution < 1.29 is 14.0 Å². The number of amides is 2. The van der Waals surface area contributed by atoms with Gasteiger partial charge in [0.25, 0.3) is 11.8 Å². The molecule has 0 aliphatic rings. The van der Waals surface area contributed by atoms with Gasteiger partial charge in [-0.3, -0.25) is 9.59 Å². The van der Waals surface area contributed by atoms with E-state index in [4.69, 9.17) is 5.73 Å². The van der Waals surface area contributed by atoms with Gasteiger partial charge in [0, 0.05) is 12.4 Å². The fourth-order valence-electron chi connectivity index (χ4n) is 1.98. The molecule has 2 aromatic rings. The van der Waals surface area contributed by atoms with Gasteiger partial charge in [-0.15, -0.1) is 0 Å². The zero-order chi connectivity index (χ0) is 13.3. The molecule has 1 aromatic carbocycles. The Morgan fingerprint density at radius 2 is 2.06 bits per heavy atom. The molecule has 0 radical (unpaired) electrons. The number of para-hydroxylation sites is 1. The first-order valence-electron chi connectivity index (χ1n) is 5.29. The van der Waals surface area contributed by atoms with Gasteiger partial charge in [0.2, 0.25) is 0 Å². The van der Waals surface area contributed by atoms with Crippen LogP contribution in [0.3, 0.4) is 0 Å². The van der Waals surface area contributed by atoms with Crippen molar-refractivity contribution in [2.75, 3.05) is 12.0 Å². The highest BCUT2D eigenvalue weighted by Crippen LogP contribution is 2.29. The van der Waals surface area contributed by atoms with Crippen molar-refractivity contribution in [3.8, 4) is 0 Å². The molecule has 0 atom stereocenters. The molecular formula is C12H12FN3O2. The first kappa shape index (κ1) is 12.1. The summed E-state index contributed by atoms with van der Waals surface area (Å²) in [4.78, 5) is 22.6. The Balaban J connectivity index is 2.71. The van der Waals surface area contributed by atoms with Crippen LogP contribution in [0.15, 0.2) is 24.3 Å². The van der Waals surface area contributed by atoms with E-state index < -0.39 is 18.5 Å². The van der Waals surface area contributed by atoms with Gasteiger partial charge in [0.1, 0.15) is 5.69 Å². The van der Waals surface area contributed by atoms with Gasteiger partial charge in [-0.1, -0.05) is 18.2 Å². The molecule has 1 aromatic heterocycles. The Kier molecular flexibility index (Phi) is 3.01. The Morgan fingerprint density at radius 3 is 2.67 bits per heavy atom. The van der Waals surface area contributed by atoms with E-state index in [0.29, 0.717) is 5.39 Å². The smallest absolute Gasteiger partial charge is 0.267 e. The second kappa shape index (κ2) is 4.48. The molecule has 0 bridgehead atoms. The number of aromatic nitrogens is 1. The zero-order valence-corrected chi connectivity index (χ0v) is 9.74. The maximum absolute atomic E-state index is 12.3. The minimum Gasteiger partial charge on any atom is -0.364 e. The number of hydrogen-bond acceptors (Lipinski definition) is 2. The number of alkyl halides is 1. The Hall–Kier alpha value is -2.37. The van der Waals surface area contributed by atoms with Crippen molar-refractivity contribution >= 4 is 28.4 Å². The van der Waals surface area contributed by atoms with Crippen LogP contribution in [0, 0.1) is 0 Å². The first-order valence-corrected chi connectivity index (χ1v) is 5.29. The highest BCUT2D eigenvalue weighted by atomic mass is 19.1. The molecule has 0 unspecified atom stereocenters. The van der Waals surface area contributed by atoms with Crippen molar-refractivity contribution in [1.29, 1.82) is 0 Å². The van der Waals surface area contributed by atoms with Gasteiger partial charge in [-0.2, -0.15) is 0 Å². The molecule has 2 rings (SSSR count). The summed E-state index contributed by atoms with van der Waals surface area (Å²) in [5, 5.41) is 3.02. The SMILES string of the molecule is Cn1c(C(N)=O)c(NC(=O)CF)c2ccccc21. The molecule has 0 aliphatic carbocycles. The molecule has 2 amide bonds. The van der Waals surface area contributed by atoms with Gasteiger partial charge >= 0.3 is 0 Å². The predicted molar refractivity (Wildman–Crippen MR) is 66.0 cm³/mol. The highest BCUT2D eigenvalue weighted by Gasteiger charge is 2.20. The molecule has 1 heterocycles. The number of fused-ring (bicyclic) bond motifs is 1. The van der Waals surface area contributed by atoms with Crippen LogP contribution in [0.5, 0.6) is 0 Å². The standard InChI is InChI=1S/C12H12FN3O2/c1-16-8-5-3-2-4-7(8)10(11(16)12(14)18)15-9(17)6-13/h2-5H,6H2,1H3,(H2,14,18)(H,15,17). The third kappa shape index (κ3) is 1.81. The molecule has 0 saturated heterocycles. The maximum Gasteiger partial charge on any atom is 0.267 e. The number of carbonyl (C=O) groups excluding carboxylic acids is 2. The van der Waals surface area contributed by atoms with Crippen LogP contribution in [-0.4, -0.2) is 23.1 Å². The molecule has 0 fully saturated rings. The summed E-state index contributed by atoms with van der Waals surface area (Å²) in [6.45, 7) is -1.15. The molecular weight excluding hydrogens is 237 g/mol. The van der Waals surface area contributed by atoms with Gasteiger partial charge < -0.3 is 15.6 Å². The third-order valence-electron chi connectivity index (χ3n) is 2.73. The average molecular weight is 249 g/mol.